The fourth-order valence-corrected chi connectivity index (χ4v) is 2.94. The van der Waals surface area contributed by atoms with Crippen LogP contribution in [0.2, 0.25) is 0 Å². The number of anilines is 2. The van der Waals surface area contributed by atoms with Crippen molar-refractivity contribution in [3.05, 3.63) is 36.7 Å². The predicted molar refractivity (Wildman–Crippen MR) is 118 cm³/mol. The Bertz CT molecular complexity index is 968. The Hall–Kier alpha value is -2.75. The normalized spacial score (nSPS) is 11.1. The Morgan fingerprint density at radius 2 is 1.74 bits per heavy atom. The number of alkyl halides is 1. The molecule has 0 aliphatic rings. The number of nitrogens with one attached hydrogen (secondary N) is 1. The van der Waals surface area contributed by atoms with Crippen LogP contribution in [0.1, 0.15) is 32.4 Å². The maximum Gasteiger partial charge on any atom is 0.219 e. The fourth-order valence-electron chi connectivity index (χ4n) is 2.83. The smallest absolute Gasteiger partial charge is 0.219 e. The molecule has 1 N–H and O–H groups in total. The third-order valence-electron chi connectivity index (χ3n) is 4.24. The number of benzene rings is 1. The Labute approximate surface area is 186 Å². The zero-order valence-corrected chi connectivity index (χ0v) is 18.6. The van der Waals surface area contributed by atoms with Gasteiger partial charge in [0.25, 0.3) is 0 Å². The molecule has 166 valence electrons. The first-order valence-corrected chi connectivity index (χ1v) is 10.6. The van der Waals surface area contributed by atoms with Crippen LogP contribution in [0.5, 0.6) is 11.5 Å². The van der Waals surface area contributed by atoms with Crippen molar-refractivity contribution in [3.63, 3.8) is 0 Å². The minimum Gasteiger partial charge on any atom is -0.493 e. The molecule has 0 saturated carbocycles. The van der Waals surface area contributed by atoms with Crippen molar-refractivity contribution in [2.45, 2.75) is 26.6 Å². The van der Waals surface area contributed by atoms with Gasteiger partial charge in [-0.25, -0.2) is 19.9 Å². The highest BCUT2D eigenvalue weighted by Gasteiger charge is 2.15. The van der Waals surface area contributed by atoms with Crippen LogP contribution >= 0.6 is 11.6 Å². The van der Waals surface area contributed by atoms with Crippen molar-refractivity contribution in [1.82, 2.24) is 19.9 Å². The van der Waals surface area contributed by atoms with Crippen LogP contribution in [0.3, 0.4) is 0 Å². The number of aromatic nitrogens is 4. The summed E-state index contributed by atoms with van der Waals surface area (Å²) in [5.41, 5.74) is 1.38. The summed E-state index contributed by atoms with van der Waals surface area (Å²) in [4.78, 5) is 17.4. The summed E-state index contributed by atoms with van der Waals surface area (Å²) in [6, 6.07) is 3.66. The Kier molecular flexibility index (Phi) is 8.57. The van der Waals surface area contributed by atoms with Gasteiger partial charge in [0.15, 0.2) is 17.3 Å². The number of halogens is 1. The SMILES string of the molecule is CCOC(OCC)c1ncc(Nc2ncnc3cc(OCCCCl)c(OC)cc23)cn1. The minimum absolute atomic E-state index is 0.460. The molecule has 0 aliphatic carbocycles. The van der Waals surface area contributed by atoms with E-state index in [0.29, 0.717) is 60.0 Å². The third kappa shape index (κ3) is 5.90. The van der Waals surface area contributed by atoms with Crippen molar-refractivity contribution in [2.24, 2.45) is 0 Å². The molecule has 0 spiro atoms. The van der Waals surface area contributed by atoms with Crippen LogP contribution in [0.4, 0.5) is 11.5 Å². The lowest BCUT2D eigenvalue weighted by atomic mass is 10.2. The summed E-state index contributed by atoms with van der Waals surface area (Å²) in [6.07, 6.45) is 4.94. The van der Waals surface area contributed by atoms with Crippen LogP contribution in [0.15, 0.2) is 30.9 Å². The molecule has 0 aliphatic heterocycles. The summed E-state index contributed by atoms with van der Waals surface area (Å²) < 4.78 is 22.3. The third-order valence-corrected chi connectivity index (χ3v) is 4.50. The van der Waals surface area contributed by atoms with Gasteiger partial charge in [-0.05, 0) is 26.3 Å². The standard InChI is InChI=1S/C21H26ClN5O4/c1-4-29-21(30-5-2)20-23-11-14(12-24-20)27-19-15-9-17(28-3)18(31-8-6-7-22)10-16(15)25-13-26-19/h9-13,21H,4-8H2,1-3H3,(H,25,26,27). The number of methoxy groups -OCH3 is 1. The Balaban J connectivity index is 1.84. The van der Waals surface area contributed by atoms with Crippen LogP contribution in [-0.2, 0) is 9.47 Å². The lowest BCUT2D eigenvalue weighted by molar-refractivity contribution is -0.145. The van der Waals surface area contributed by atoms with Gasteiger partial charge in [-0.15, -0.1) is 11.6 Å². The molecule has 0 saturated heterocycles. The average molecular weight is 448 g/mol. The van der Waals surface area contributed by atoms with Gasteiger partial charge in [0, 0.05) is 30.5 Å². The van der Waals surface area contributed by atoms with Crippen molar-refractivity contribution in [1.29, 1.82) is 0 Å². The molecular weight excluding hydrogens is 422 g/mol. The summed E-state index contributed by atoms with van der Waals surface area (Å²) in [7, 11) is 1.59. The van der Waals surface area contributed by atoms with Crippen molar-refractivity contribution < 1.29 is 18.9 Å². The van der Waals surface area contributed by atoms with Crippen LogP contribution < -0.4 is 14.8 Å². The molecule has 1 aromatic carbocycles. The van der Waals surface area contributed by atoms with E-state index in [1.807, 2.05) is 26.0 Å². The number of hydrogen-bond acceptors (Lipinski definition) is 9. The fraction of sp³-hybridized carbons (Fsp3) is 0.429. The first-order valence-electron chi connectivity index (χ1n) is 10.0. The highest BCUT2D eigenvalue weighted by Crippen LogP contribution is 2.34. The van der Waals surface area contributed by atoms with Gasteiger partial charge in [-0.3, -0.25) is 0 Å². The van der Waals surface area contributed by atoms with Gasteiger partial charge in [0.05, 0.1) is 37.3 Å². The number of fused-ring (bicyclic) bond motifs is 1. The Morgan fingerprint density at radius 1 is 1.00 bits per heavy atom. The lowest BCUT2D eigenvalue weighted by Crippen LogP contribution is -2.12. The zero-order chi connectivity index (χ0) is 22.1. The summed E-state index contributed by atoms with van der Waals surface area (Å²) in [6.45, 7) is 5.28. The molecule has 9 nitrogen and oxygen atoms in total. The monoisotopic (exact) mass is 447 g/mol. The molecule has 0 amide bonds. The molecule has 0 radical (unpaired) electrons. The first kappa shape index (κ1) is 22.9. The largest absolute Gasteiger partial charge is 0.493 e. The molecule has 0 unspecified atom stereocenters. The lowest BCUT2D eigenvalue weighted by Gasteiger charge is -2.16. The van der Waals surface area contributed by atoms with E-state index >= 15 is 0 Å². The summed E-state index contributed by atoms with van der Waals surface area (Å²) in [5.74, 6) is 2.78. The zero-order valence-electron chi connectivity index (χ0n) is 17.8. The molecule has 31 heavy (non-hydrogen) atoms. The van der Waals surface area contributed by atoms with Gasteiger partial charge < -0.3 is 24.3 Å². The molecular formula is C21H26ClN5O4. The highest BCUT2D eigenvalue weighted by molar-refractivity contribution is 6.17. The van der Waals surface area contributed by atoms with E-state index in [-0.39, 0.29) is 0 Å². The topological polar surface area (TPSA) is 101 Å². The average Bonchev–Trinajstić information content (AvgIpc) is 2.79. The van der Waals surface area contributed by atoms with E-state index in [1.165, 1.54) is 6.33 Å². The molecule has 2 aromatic heterocycles. The van der Waals surface area contributed by atoms with E-state index in [0.717, 1.165) is 11.8 Å². The molecule has 10 heteroatoms. The van der Waals surface area contributed by atoms with Crippen molar-refractivity contribution in [2.75, 3.05) is 38.1 Å². The van der Waals surface area contributed by atoms with Gasteiger partial charge in [-0.1, -0.05) is 0 Å². The number of hydrogen-bond donors (Lipinski definition) is 1. The van der Waals surface area contributed by atoms with E-state index in [2.05, 4.69) is 25.3 Å². The van der Waals surface area contributed by atoms with Gasteiger partial charge in [-0.2, -0.15) is 0 Å². The second-order valence-corrected chi connectivity index (χ2v) is 6.71. The number of nitrogens with zero attached hydrogens (tertiary/aromatic N) is 4. The van der Waals surface area contributed by atoms with E-state index in [9.17, 15) is 0 Å². The summed E-state index contributed by atoms with van der Waals surface area (Å²) >= 11 is 5.73. The second-order valence-electron chi connectivity index (χ2n) is 6.33. The van der Waals surface area contributed by atoms with E-state index in [4.69, 9.17) is 30.5 Å². The van der Waals surface area contributed by atoms with Crippen LogP contribution in [0, 0.1) is 0 Å². The van der Waals surface area contributed by atoms with Crippen molar-refractivity contribution >= 4 is 34.0 Å². The maximum atomic E-state index is 5.78. The molecule has 2 heterocycles. The minimum atomic E-state index is -0.592. The second kappa shape index (κ2) is 11.6. The Morgan fingerprint density at radius 3 is 2.39 bits per heavy atom. The highest BCUT2D eigenvalue weighted by atomic mass is 35.5. The van der Waals surface area contributed by atoms with E-state index < -0.39 is 6.29 Å². The van der Waals surface area contributed by atoms with Gasteiger partial charge >= 0.3 is 0 Å². The molecule has 0 fully saturated rings. The molecule has 0 atom stereocenters. The quantitative estimate of drug-likeness (QED) is 0.248. The van der Waals surface area contributed by atoms with Crippen LogP contribution in [-0.4, -0.2) is 52.7 Å². The van der Waals surface area contributed by atoms with Gasteiger partial charge in [0.2, 0.25) is 6.29 Å². The molecule has 0 bridgehead atoms. The summed E-state index contributed by atoms with van der Waals surface area (Å²) in [5, 5.41) is 4.00. The number of rotatable bonds is 12. The molecule has 3 aromatic rings. The maximum absolute atomic E-state index is 5.78. The van der Waals surface area contributed by atoms with Gasteiger partial charge in [0.1, 0.15) is 12.1 Å². The van der Waals surface area contributed by atoms with E-state index in [1.54, 1.807) is 19.5 Å². The first-order chi connectivity index (χ1) is 15.2. The van der Waals surface area contributed by atoms with Crippen molar-refractivity contribution in [3.8, 4) is 11.5 Å². The predicted octanol–water partition coefficient (Wildman–Crippen LogP) is 4.25. The molecule has 3 rings (SSSR count). The van der Waals surface area contributed by atoms with Crippen LogP contribution in [0.25, 0.3) is 10.9 Å². The number of ether oxygens (including phenoxy) is 4.